The average molecular weight is 276 g/mol. The van der Waals surface area contributed by atoms with Gasteiger partial charge < -0.3 is 15.6 Å². The zero-order valence-electron chi connectivity index (χ0n) is 11.9. The summed E-state index contributed by atoms with van der Waals surface area (Å²) in [5, 5.41) is 10.2. The molecule has 110 valence electrons. The summed E-state index contributed by atoms with van der Waals surface area (Å²) >= 11 is 0. The first-order chi connectivity index (χ1) is 9.70. The number of hydrogen-bond donors (Lipinski definition) is 2. The molecule has 0 heterocycles. The van der Waals surface area contributed by atoms with Gasteiger partial charge in [-0.3, -0.25) is 4.90 Å². The molecule has 2 aliphatic rings. The SMILES string of the molecule is Nc1cccc(OCC(O)CN(CC2CC2)C2CC2)c1. The molecule has 4 heteroatoms. The Labute approximate surface area is 120 Å². The fourth-order valence-corrected chi connectivity index (χ4v) is 2.56. The van der Waals surface area contributed by atoms with Gasteiger partial charge in [-0.25, -0.2) is 0 Å². The first-order valence-corrected chi connectivity index (χ1v) is 7.61. The quantitative estimate of drug-likeness (QED) is 0.712. The molecule has 3 N–H and O–H groups in total. The van der Waals surface area contributed by atoms with Crippen LogP contribution >= 0.6 is 0 Å². The van der Waals surface area contributed by atoms with E-state index in [1.54, 1.807) is 6.07 Å². The maximum Gasteiger partial charge on any atom is 0.121 e. The van der Waals surface area contributed by atoms with Crippen molar-refractivity contribution in [3.63, 3.8) is 0 Å². The monoisotopic (exact) mass is 276 g/mol. The van der Waals surface area contributed by atoms with Gasteiger partial charge in [-0.05, 0) is 43.7 Å². The number of ether oxygens (including phenoxy) is 1. The van der Waals surface area contributed by atoms with Crippen LogP contribution in [0.3, 0.4) is 0 Å². The lowest BCUT2D eigenvalue weighted by molar-refractivity contribution is 0.0637. The molecule has 1 atom stereocenters. The number of nitrogen functional groups attached to an aromatic ring is 1. The summed E-state index contributed by atoms with van der Waals surface area (Å²) in [6.45, 7) is 2.21. The summed E-state index contributed by atoms with van der Waals surface area (Å²) in [7, 11) is 0. The number of hydrogen-bond acceptors (Lipinski definition) is 4. The van der Waals surface area contributed by atoms with E-state index in [0.717, 1.165) is 24.8 Å². The summed E-state index contributed by atoms with van der Waals surface area (Å²) in [5.74, 6) is 1.60. The van der Waals surface area contributed by atoms with Crippen LogP contribution in [-0.2, 0) is 0 Å². The van der Waals surface area contributed by atoms with Crippen molar-refractivity contribution in [1.29, 1.82) is 0 Å². The third-order valence-electron chi connectivity index (χ3n) is 4.00. The lowest BCUT2D eigenvalue weighted by atomic mass is 10.3. The molecule has 0 aromatic heterocycles. The number of aliphatic hydroxyl groups excluding tert-OH is 1. The molecule has 1 unspecified atom stereocenters. The average Bonchev–Trinajstić information content (AvgIpc) is 3.27. The summed E-state index contributed by atoms with van der Waals surface area (Å²) < 4.78 is 5.61. The second-order valence-corrected chi connectivity index (χ2v) is 6.17. The number of anilines is 1. The Balaban J connectivity index is 1.44. The lowest BCUT2D eigenvalue weighted by Crippen LogP contribution is -2.38. The third kappa shape index (κ3) is 4.12. The summed E-state index contributed by atoms with van der Waals surface area (Å²) in [4.78, 5) is 2.45. The summed E-state index contributed by atoms with van der Waals surface area (Å²) in [6, 6.07) is 8.05. The minimum absolute atomic E-state index is 0.331. The molecule has 2 fully saturated rings. The highest BCUT2D eigenvalue weighted by Crippen LogP contribution is 2.34. The van der Waals surface area contributed by atoms with E-state index in [4.69, 9.17) is 10.5 Å². The van der Waals surface area contributed by atoms with Crippen molar-refractivity contribution >= 4 is 5.69 Å². The van der Waals surface area contributed by atoms with Crippen LogP contribution in [0.2, 0.25) is 0 Å². The lowest BCUT2D eigenvalue weighted by Gasteiger charge is -2.25. The van der Waals surface area contributed by atoms with Gasteiger partial charge in [0, 0.05) is 30.9 Å². The van der Waals surface area contributed by atoms with Crippen LogP contribution in [0.25, 0.3) is 0 Å². The second kappa shape index (κ2) is 6.02. The molecular formula is C16H24N2O2. The van der Waals surface area contributed by atoms with Gasteiger partial charge in [0.25, 0.3) is 0 Å². The first-order valence-electron chi connectivity index (χ1n) is 7.61. The van der Waals surface area contributed by atoms with Crippen molar-refractivity contribution in [2.24, 2.45) is 5.92 Å². The van der Waals surface area contributed by atoms with Gasteiger partial charge in [-0.2, -0.15) is 0 Å². The van der Waals surface area contributed by atoms with Crippen molar-refractivity contribution in [2.75, 3.05) is 25.4 Å². The van der Waals surface area contributed by atoms with E-state index in [0.29, 0.717) is 18.3 Å². The number of aliphatic hydroxyl groups is 1. The van der Waals surface area contributed by atoms with Crippen molar-refractivity contribution in [1.82, 2.24) is 4.90 Å². The Morgan fingerprint density at radius 3 is 2.75 bits per heavy atom. The summed E-state index contributed by atoms with van der Waals surface area (Å²) in [6.07, 6.45) is 4.86. The molecule has 20 heavy (non-hydrogen) atoms. The van der Waals surface area contributed by atoms with Crippen LogP contribution in [0, 0.1) is 5.92 Å². The fraction of sp³-hybridized carbons (Fsp3) is 0.625. The maximum absolute atomic E-state index is 10.2. The number of nitrogens with zero attached hydrogens (tertiary/aromatic N) is 1. The van der Waals surface area contributed by atoms with Crippen molar-refractivity contribution in [3.05, 3.63) is 24.3 Å². The standard InChI is InChI=1S/C16H24N2O2/c17-13-2-1-3-16(8-13)20-11-15(19)10-18(14-6-7-14)9-12-4-5-12/h1-3,8,12,14-15,19H,4-7,9-11,17H2. The molecule has 1 aromatic rings. The topological polar surface area (TPSA) is 58.7 Å². The molecular weight excluding hydrogens is 252 g/mol. The van der Waals surface area contributed by atoms with Crippen LogP contribution in [0.4, 0.5) is 5.69 Å². The Morgan fingerprint density at radius 2 is 2.10 bits per heavy atom. The van der Waals surface area contributed by atoms with E-state index >= 15 is 0 Å². The first kappa shape index (κ1) is 13.7. The van der Waals surface area contributed by atoms with E-state index in [1.165, 1.54) is 25.7 Å². The van der Waals surface area contributed by atoms with E-state index in [1.807, 2.05) is 18.2 Å². The smallest absolute Gasteiger partial charge is 0.121 e. The van der Waals surface area contributed by atoms with Gasteiger partial charge in [0.05, 0.1) is 0 Å². The van der Waals surface area contributed by atoms with Crippen LogP contribution in [0.5, 0.6) is 5.75 Å². The number of nitrogens with two attached hydrogens (primary N) is 1. The van der Waals surface area contributed by atoms with Gasteiger partial charge in [0.1, 0.15) is 18.5 Å². The molecule has 0 bridgehead atoms. The molecule has 3 rings (SSSR count). The molecule has 0 aliphatic heterocycles. The zero-order chi connectivity index (χ0) is 13.9. The number of benzene rings is 1. The third-order valence-corrected chi connectivity index (χ3v) is 4.00. The maximum atomic E-state index is 10.2. The van der Waals surface area contributed by atoms with Crippen LogP contribution in [0.1, 0.15) is 25.7 Å². The van der Waals surface area contributed by atoms with Crippen molar-refractivity contribution in [2.45, 2.75) is 37.8 Å². The van der Waals surface area contributed by atoms with Gasteiger partial charge in [0.2, 0.25) is 0 Å². The van der Waals surface area contributed by atoms with E-state index < -0.39 is 6.10 Å². The van der Waals surface area contributed by atoms with E-state index in [2.05, 4.69) is 4.90 Å². The Kier molecular flexibility index (Phi) is 4.13. The predicted molar refractivity (Wildman–Crippen MR) is 79.7 cm³/mol. The Morgan fingerprint density at radius 1 is 1.30 bits per heavy atom. The molecule has 0 radical (unpaired) electrons. The van der Waals surface area contributed by atoms with Crippen molar-refractivity contribution in [3.8, 4) is 5.75 Å². The minimum atomic E-state index is -0.434. The molecule has 2 saturated carbocycles. The zero-order valence-corrected chi connectivity index (χ0v) is 11.9. The highest BCUT2D eigenvalue weighted by Gasteiger charge is 2.34. The van der Waals surface area contributed by atoms with Crippen LogP contribution in [0.15, 0.2) is 24.3 Å². The highest BCUT2D eigenvalue weighted by atomic mass is 16.5. The van der Waals surface area contributed by atoms with Gasteiger partial charge in [-0.15, -0.1) is 0 Å². The van der Waals surface area contributed by atoms with Gasteiger partial charge >= 0.3 is 0 Å². The molecule has 0 saturated heterocycles. The molecule has 4 nitrogen and oxygen atoms in total. The van der Waals surface area contributed by atoms with Crippen LogP contribution < -0.4 is 10.5 Å². The van der Waals surface area contributed by atoms with Gasteiger partial charge in [-0.1, -0.05) is 6.07 Å². The normalized spacial score (nSPS) is 20.1. The molecule has 1 aromatic carbocycles. The van der Waals surface area contributed by atoms with Gasteiger partial charge in [0.15, 0.2) is 0 Å². The Hall–Kier alpha value is -1.26. The van der Waals surface area contributed by atoms with E-state index in [9.17, 15) is 5.11 Å². The summed E-state index contributed by atoms with van der Waals surface area (Å²) in [5.41, 5.74) is 6.39. The molecule has 0 spiro atoms. The largest absolute Gasteiger partial charge is 0.491 e. The minimum Gasteiger partial charge on any atom is -0.491 e. The Bertz CT molecular complexity index is 444. The second-order valence-electron chi connectivity index (χ2n) is 6.17. The highest BCUT2D eigenvalue weighted by molar-refractivity contribution is 5.43. The van der Waals surface area contributed by atoms with Crippen molar-refractivity contribution < 1.29 is 9.84 Å². The predicted octanol–water partition coefficient (Wildman–Crippen LogP) is 1.88. The molecule has 2 aliphatic carbocycles. The number of rotatable bonds is 8. The van der Waals surface area contributed by atoms with Crippen LogP contribution in [-0.4, -0.2) is 41.8 Å². The van der Waals surface area contributed by atoms with E-state index in [-0.39, 0.29) is 0 Å². The fourth-order valence-electron chi connectivity index (χ4n) is 2.56. The molecule has 0 amide bonds.